The lowest BCUT2D eigenvalue weighted by molar-refractivity contribution is -0.121. The lowest BCUT2D eigenvalue weighted by atomic mass is 9.97. The molecule has 3 nitrogen and oxygen atoms in total. The fraction of sp³-hybridized carbons (Fsp3) is 0.308. The molecule has 1 N–H and O–H groups in total. The van der Waals surface area contributed by atoms with Gasteiger partial charge in [-0.1, -0.05) is 17.7 Å². The highest BCUT2D eigenvalue weighted by Gasteiger charge is 2.23. The van der Waals surface area contributed by atoms with Crippen molar-refractivity contribution >= 4 is 5.78 Å². The van der Waals surface area contributed by atoms with Gasteiger partial charge in [-0.05, 0) is 38.0 Å². The van der Waals surface area contributed by atoms with Crippen LogP contribution >= 0.6 is 0 Å². The Bertz CT molecular complexity index is 435. The smallest absolute Gasteiger partial charge is 0.196 e. The Morgan fingerprint density at radius 2 is 2.12 bits per heavy atom. The van der Waals surface area contributed by atoms with Crippen molar-refractivity contribution in [2.24, 2.45) is 0 Å². The molecule has 0 spiro atoms. The summed E-state index contributed by atoms with van der Waals surface area (Å²) in [5, 5.41) is 9.53. The minimum absolute atomic E-state index is 0.0213. The van der Waals surface area contributed by atoms with Crippen LogP contribution in [0.4, 0.5) is 0 Å². The fourth-order valence-corrected chi connectivity index (χ4v) is 1.74. The largest absolute Gasteiger partial charge is 0.504 e. The fourth-order valence-electron chi connectivity index (χ4n) is 1.74. The van der Waals surface area contributed by atoms with Crippen LogP contribution in [0.25, 0.3) is 0 Å². The zero-order valence-electron chi connectivity index (χ0n) is 9.14. The van der Waals surface area contributed by atoms with Gasteiger partial charge in [0, 0.05) is 0 Å². The number of benzene rings is 1. The van der Waals surface area contributed by atoms with E-state index in [1.165, 1.54) is 0 Å². The number of hydrogen-bond acceptors (Lipinski definition) is 3. The van der Waals surface area contributed by atoms with Crippen molar-refractivity contribution in [2.75, 3.05) is 0 Å². The second-order valence-electron chi connectivity index (χ2n) is 4.01. The molecule has 1 aliphatic rings. The van der Waals surface area contributed by atoms with Crippen molar-refractivity contribution in [3.8, 4) is 11.5 Å². The van der Waals surface area contributed by atoms with Crippen LogP contribution < -0.4 is 4.74 Å². The van der Waals surface area contributed by atoms with E-state index in [4.69, 9.17) is 4.74 Å². The molecule has 1 aromatic rings. The molecular formula is C13H14O3. The zero-order valence-corrected chi connectivity index (χ0v) is 9.14. The summed E-state index contributed by atoms with van der Waals surface area (Å²) < 4.78 is 5.50. The number of phenolic OH excluding ortho intramolecular Hbond substituents is 1. The zero-order chi connectivity index (χ0) is 11.5. The molecule has 0 fully saturated rings. The van der Waals surface area contributed by atoms with E-state index in [2.05, 4.69) is 0 Å². The molecule has 1 unspecified atom stereocenters. The first-order chi connectivity index (χ1) is 7.66. The van der Waals surface area contributed by atoms with Gasteiger partial charge in [-0.15, -0.1) is 0 Å². The minimum Gasteiger partial charge on any atom is -0.504 e. The van der Waals surface area contributed by atoms with Crippen molar-refractivity contribution in [1.82, 2.24) is 0 Å². The van der Waals surface area contributed by atoms with E-state index >= 15 is 0 Å². The number of phenols is 1. The normalized spacial score (nSPS) is 20.4. The van der Waals surface area contributed by atoms with Gasteiger partial charge in [0.1, 0.15) is 0 Å². The number of para-hydroxylation sites is 2. The molecule has 0 radical (unpaired) electrons. The standard InChI is InChI=1S/C13H14O3/c1-9-6-7-13(11(15)8-9)16-12-5-3-2-4-10(12)14/h2-5,8,13-14H,6-7H2,1H3. The van der Waals surface area contributed by atoms with Gasteiger partial charge < -0.3 is 9.84 Å². The van der Waals surface area contributed by atoms with E-state index in [-0.39, 0.29) is 11.5 Å². The molecule has 0 amide bonds. The van der Waals surface area contributed by atoms with Crippen molar-refractivity contribution < 1.29 is 14.6 Å². The van der Waals surface area contributed by atoms with Crippen LogP contribution in [0, 0.1) is 0 Å². The molecule has 0 saturated heterocycles. The van der Waals surface area contributed by atoms with Crippen LogP contribution in [0.3, 0.4) is 0 Å². The van der Waals surface area contributed by atoms with Gasteiger partial charge in [-0.25, -0.2) is 0 Å². The number of allylic oxidation sites excluding steroid dienone is 1. The molecule has 16 heavy (non-hydrogen) atoms. The number of ether oxygens (including phenoxy) is 1. The molecule has 1 atom stereocenters. The topological polar surface area (TPSA) is 46.5 Å². The summed E-state index contributed by atoms with van der Waals surface area (Å²) in [6.07, 6.45) is 2.70. The highest BCUT2D eigenvalue weighted by Crippen LogP contribution is 2.28. The van der Waals surface area contributed by atoms with Gasteiger partial charge >= 0.3 is 0 Å². The van der Waals surface area contributed by atoms with Crippen molar-refractivity contribution in [2.45, 2.75) is 25.9 Å². The molecule has 84 valence electrons. The molecule has 0 bridgehead atoms. The first-order valence-corrected chi connectivity index (χ1v) is 5.32. The quantitative estimate of drug-likeness (QED) is 0.829. The number of rotatable bonds is 2. The van der Waals surface area contributed by atoms with Crippen LogP contribution in [0.15, 0.2) is 35.9 Å². The summed E-state index contributed by atoms with van der Waals surface area (Å²) in [5.74, 6) is 0.419. The first kappa shape index (κ1) is 10.7. The Kier molecular flexibility index (Phi) is 2.95. The molecule has 3 heteroatoms. The van der Waals surface area contributed by atoms with Gasteiger partial charge in [0.05, 0.1) is 0 Å². The third-order valence-corrected chi connectivity index (χ3v) is 2.64. The van der Waals surface area contributed by atoms with Crippen LogP contribution in [0.5, 0.6) is 11.5 Å². The average molecular weight is 218 g/mol. The number of carbonyl (C=O) groups excluding carboxylic acids is 1. The second-order valence-corrected chi connectivity index (χ2v) is 4.01. The molecule has 0 heterocycles. The lowest BCUT2D eigenvalue weighted by Crippen LogP contribution is -2.28. The van der Waals surface area contributed by atoms with E-state index < -0.39 is 6.10 Å². The first-order valence-electron chi connectivity index (χ1n) is 5.32. The Morgan fingerprint density at radius 3 is 2.81 bits per heavy atom. The average Bonchev–Trinajstić information content (AvgIpc) is 2.25. The minimum atomic E-state index is -0.461. The summed E-state index contributed by atoms with van der Waals surface area (Å²) in [6.45, 7) is 1.94. The lowest BCUT2D eigenvalue weighted by Gasteiger charge is -2.21. The van der Waals surface area contributed by atoms with Gasteiger partial charge in [0.15, 0.2) is 23.4 Å². The van der Waals surface area contributed by atoms with E-state index in [9.17, 15) is 9.90 Å². The summed E-state index contributed by atoms with van der Waals surface area (Å²) in [7, 11) is 0. The predicted molar refractivity (Wildman–Crippen MR) is 60.5 cm³/mol. The Morgan fingerprint density at radius 1 is 1.38 bits per heavy atom. The van der Waals surface area contributed by atoms with E-state index in [0.717, 1.165) is 12.0 Å². The highest BCUT2D eigenvalue weighted by atomic mass is 16.5. The second kappa shape index (κ2) is 4.39. The number of aromatic hydroxyl groups is 1. The van der Waals surface area contributed by atoms with Crippen LogP contribution in [0.2, 0.25) is 0 Å². The molecule has 0 aromatic heterocycles. The summed E-state index contributed by atoms with van der Waals surface area (Å²) >= 11 is 0. The molecular weight excluding hydrogens is 204 g/mol. The molecule has 0 saturated carbocycles. The molecule has 0 aliphatic heterocycles. The van der Waals surface area contributed by atoms with Crippen LogP contribution in [-0.4, -0.2) is 17.0 Å². The third kappa shape index (κ3) is 2.24. The molecule has 2 rings (SSSR count). The van der Waals surface area contributed by atoms with Crippen LogP contribution in [-0.2, 0) is 4.79 Å². The van der Waals surface area contributed by atoms with E-state index in [1.54, 1.807) is 30.3 Å². The van der Waals surface area contributed by atoms with Crippen LogP contribution in [0.1, 0.15) is 19.8 Å². The van der Waals surface area contributed by atoms with Gasteiger partial charge in [-0.2, -0.15) is 0 Å². The molecule has 1 aliphatic carbocycles. The highest BCUT2D eigenvalue weighted by molar-refractivity contribution is 5.95. The summed E-state index contributed by atoms with van der Waals surface area (Å²) in [5.41, 5.74) is 1.09. The Hall–Kier alpha value is -1.77. The van der Waals surface area contributed by atoms with Gasteiger partial charge in [0.2, 0.25) is 0 Å². The number of ketones is 1. The third-order valence-electron chi connectivity index (χ3n) is 2.64. The molecule has 1 aromatic carbocycles. The summed E-state index contributed by atoms with van der Waals surface area (Å²) in [6, 6.07) is 6.69. The van der Waals surface area contributed by atoms with E-state index in [1.807, 2.05) is 6.92 Å². The maximum atomic E-state index is 11.6. The predicted octanol–water partition coefficient (Wildman–Crippen LogP) is 2.45. The Labute approximate surface area is 94.4 Å². The number of hydrogen-bond donors (Lipinski definition) is 1. The van der Waals surface area contributed by atoms with Crippen molar-refractivity contribution in [3.05, 3.63) is 35.9 Å². The monoisotopic (exact) mass is 218 g/mol. The van der Waals surface area contributed by atoms with Crippen molar-refractivity contribution in [3.63, 3.8) is 0 Å². The maximum absolute atomic E-state index is 11.6. The van der Waals surface area contributed by atoms with E-state index in [0.29, 0.717) is 12.2 Å². The SMILES string of the molecule is CC1=CC(=O)C(Oc2ccccc2O)CC1. The number of carbonyl (C=O) groups is 1. The van der Waals surface area contributed by atoms with Crippen molar-refractivity contribution in [1.29, 1.82) is 0 Å². The van der Waals surface area contributed by atoms with Gasteiger partial charge in [-0.3, -0.25) is 4.79 Å². The maximum Gasteiger partial charge on any atom is 0.196 e. The Balaban J connectivity index is 2.12. The van der Waals surface area contributed by atoms with Gasteiger partial charge in [0.25, 0.3) is 0 Å². The summed E-state index contributed by atoms with van der Waals surface area (Å²) in [4.78, 5) is 11.6.